The number of hydrogen-bond acceptors (Lipinski definition) is 4. The number of carbonyl (C=O) groups is 2. The van der Waals surface area contributed by atoms with Crippen LogP contribution in [0.1, 0.15) is 67.2 Å². The molecule has 1 aliphatic heterocycles. The molecule has 4 heteroatoms. The van der Waals surface area contributed by atoms with Crippen molar-refractivity contribution in [1.29, 1.82) is 0 Å². The largest absolute Gasteiger partial charge is 0.378 e. The maximum Gasteiger partial charge on any atom is 0.163 e. The van der Waals surface area contributed by atoms with Crippen LogP contribution in [-0.4, -0.2) is 23.7 Å². The van der Waals surface area contributed by atoms with Crippen molar-refractivity contribution in [2.45, 2.75) is 79.3 Å². The van der Waals surface area contributed by atoms with Gasteiger partial charge in [-0.3, -0.25) is 9.59 Å². The second-order valence-corrected chi connectivity index (χ2v) is 9.13. The fourth-order valence-electron chi connectivity index (χ4n) is 2.97. The number of allylic oxidation sites excluding steroid dienone is 2. The minimum absolute atomic E-state index is 0.0650. The Bertz CT molecular complexity index is 521. The van der Waals surface area contributed by atoms with Gasteiger partial charge in [-0.2, -0.15) is 0 Å². The van der Waals surface area contributed by atoms with Crippen molar-refractivity contribution in [1.82, 2.24) is 10.6 Å². The van der Waals surface area contributed by atoms with E-state index in [0.717, 1.165) is 24.2 Å². The van der Waals surface area contributed by atoms with Gasteiger partial charge in [-0.05, 0) is 12.8 Å². The van der Waals surface area contributed by atoms with Crippen LogP contribution in [0.4, 0.5) is 0 Å². The minimum atomic E-state index is -0.433. The summed E-state index contributed by atoms with van der Waals surface area (Å²) in [5, 5.41) is 7.05. The summed E-state index contributed by atoms with van der Waals surface area (Å²) < 4.78 is 0. The van der Waals surface area contributed by atoms with Crippen LogP contribution in [-0.2, 0) is 9.59 Å². The zero-order valence-corrected chi connectivity index (χ0v) is 16.0. The Kier molecular flexibility index (Phi) is 5.26. The maximum absolute atomic E-state index is 12.5. The Labute approximate surface area is 146 Å². The summed E-state index contributed by atoms with van der Waals surface area (Å²) in [7, 11) is 0. The van der Waals surface area contributed by atoms with Gasteiger partial charge in [0.15, 0.2) is 11.6 Å². The van der Waals surface area contributed by atoms with Gasteiger partial charge in [0.1, 0.15) is 0 Å². The highest BCUT2D eigenvalue weighted by molar-refractivity contribution is 5.97. The second kappa shape index (κ2) is 6.73. The second-order valence-electron chi connectivity index (χ2n) is 9.13. The fraction of sp³-hybridized carbons (Fsp3) is 0.700. The normalized spacial score (nSPS) is 28.1. The molecule has 134 valence electrons. The summed E-state index contributed by atoms with van der Waals surface area (Å²) in [4.78, 5) is 24.9. The SMILES string of the molecule is CC(C)(C)C(=O)/C=C1\NC2CCCCC2N\C1=C/C(=O)C(C)(C)C. The van der Waals surface area contributed by atoms with Gasteiger partial charge in [0.2, 0.25) is 0 Å². The first-order valence-electron chi connectivity index (χ1n) is 9.04. The van der Waals surface area contributed by atoms with Gasteiger partial charge in [0.05, 0.1) is 11.4 Å². The van der Waals surface area contributed by atoms with Gasteiger partial charge < -0.3 is 10.6 Å². The molecule has 0 amide bonds. The highest BCUT2D eigenvalue weighted by Gasteiger charge is 2.33. The molecule has 0 spiro atoms. The van der Waals surface area contributed by atoms with E-state index in [-0.39, 0.29) is 11.6 Å². The molecule has 2 aliphatic rings. The maximum atomic E-state index is 12.5. The van der Waals surface area contributed by atoms with Crippen molar-refractivity contribution in [3.8, 4) is 0 Å². The molecule has 2 unspecified atom stereocenters. The average molecular weight is 332 g/mol. The standard InChI is InChI=1S/C20H32N2O2/c1-19(2,3)17(23)11-15-16(12-18(24)20(4,5)6)22-14-10-8-7-9-13(14)21-15/h11-14,21-22H,7-10H2,1-6H3/b15-11-,16-12-. The number of hydrogen-bond donors (Lipinski definition) is 2. The first-order valence-corrected chi connectivity index (χ1v) is 9.04. The van der Waals surface area contributed by atoms with E-state index >= 15 is 0 Å². The van der Waals surface area contributed by atoms with Gasteiger partial charge in [-0.25, -0.2) is 0 Å². The van der Waals surface area contributed by atoms with E-state index in [1.807, 2.05) is 41.5 Å². The molecule has 2 N–H and O–H groups in total. The van der Waals surface area contributed by atoms with Crippen molar-refractivity contribution >= 4 is 11.6 Å². The van der Waals surface area contributed by atoms with Crippen molar-refractivity contribution in [3.05, 3.63) is 23.5 Å². The highest BCUT2D eigenvalue weighted by Crippen LogP contribution is 2.28. The molecule has 1 saturated heterocycles. The molecule has 0 aromatic heterocycles. The number of nitrogens with one attached hydrogen (secondary N) is 2. The molecule has 4 nitrogen and oxygen atoms in total. The number of ketones is 2. The molecule has 0 aromatic carbocycles. The number of fused-ring (bicyclic) bond motifs is 1. The Morgan fingerprint density at radius 2 is 1.12 bits per heavy atom. The number of piperazine rings is 1. The first-order chi connectivity index (χ1) is 11.0. The van der Waals surface area contributed by atoms with E-state index in [0.29, 0.717) is 12.1 Å². The Morgan fingerprint density at radius 1 is 0.792 bits per heavy atom. The molecule has 1 saturated carbocycles. The lowest BCUT2D eigenvalue weighted by atomic mass is 9.85. The van der Waals surface area contributed by atoms with Crippen LogP contribution in [0.2, 0.25) is 0 Å². The fourth-order valence-corrected chi connectivity index (χ4v) is 2.97. The molecule has 2 rings (SSSR count). The topological polar surface area (TPSA) is 58.2 Å². The molecule has 2 fully saturated rings. The van der Waals surface area contributed by atoms with Crippen molar-refractivity contribution < 1.29 is 9.59 Å². The minimum Gasteiger partial charge on any atom is -0.378 e. The Morgan fingerprint density at radius 3 is 1.42 bits per heavy atom. The third-order valence-corrected chi connectivity index (χ3v) is 4.77. The van der Waals surface area contributed by atoms with Crippen LogP contribution in [0.25, 0.3) is 0 Å². The lowest BCUT2D eigenvalue weighted by molar-refractivity contribution is -0.122. The van der Waals surface area contributed by atoms with Crippen LogP contribution >= 0.6 is 0 Å². The molecule has 0 aromatic rings. The summed E-state index contributed by atoms with van der Waals surface area (Å²) in [5.41, 5.74) is 0.653. The van der Waals surface area contributed by atoms with E-state index in [2.05, 4.69) is 10.6 Å². The summed E-state index contributed by atoms with van der Waals surface area (Å²) in [6.45, 7) is 11.5. The first kappa shape index (κ1) is 18.8. The van der Waals surface area contributed by atoms with Crippen LogP contribution in [0.3, 0.4) is 0 Å². The molecule has 0 radical (unpaired) electrons. The van der Waals surface area contributed by atoms with Crippen molar-refractivity contribution in [3.63, 3.8) is 0 Å². The molecule has 2 atom stereocenters. The molecule has 1 heterocycles. The molecule has 1 aliphatic carbocycles. The zero-order chi connectivity index (χ0) is 18.1. The smallest absolute Gasteiger partial charge is 0.163 e. The predicted molar refractivity (Wildman–Crippen MR) is 97.4 cm³/mol. The van der Waals surface area contributed by atoms with E-state index < -0.39 is 10.8 Å². The summed E-state index contributed by atoms with van der Waals surface area (Å²) in [5.74, 6) is 0.130. The van der Waals surface area contributed by atoms with E-state index in [1.54, 1.807) is 12.2 Å². The highest BCUT2D eigenvalue weighted by atomic mass is 16.1. The summed E-state index contributed by atoms with van der Waals surface area (Å²) in [6, 6.07) is 0.666. The zero-order valence-electron chi connectivity index (χ0n) is 16.0. The van der Waals surface area contributed by atoms with Crippen LogP contribution < -0.4 is 10.6 Å². The van der Waals surface area contributed by atoms with Crippen LogP contribution in [0.5, 0.6) is 0 Å². The molecular weight excluding hydrogens is 300 g/mol. The van der Waals surface area contributed by atoms with Gasteiger partial charge in [-0.1, -0.05) is 54.4 Å². The quantitative estimate of drug-likeness (QED) is 0.760. The van der Waals surface area contributed by atoms with Gasteiger partial charge in [0, 0.05) is 35.1 Å². The summed E-state index contributed by atoms with van der Waals surface area (Å²) in [6.07, 6.45) is 7.93. The average Bonchev–Trinajstić information content (AvgIpc) is 2.45. The number of rotatable bonds is 2. The van der Waals surface area contributed by atoms with Gasteiger partial charge >= 0.3 is 0 Å². The lowest BCUT2D eigenvalue weighted by Crippen LogP contribution is -2.55. The lowest BCUT2D eigenvalue weighted by Gasteiger charge is -2.41. The number of carbonyl (C=O) groups excluding carboxylic acids is 2. The summed E-state index contributed by atoms with van der Waals surface area (Å²) >= 11 is 0. The van der Waals surface area contributed by atoms with Crippen LogP contribution in [0.15, 0.2) is 23.5 Å². The van der Waals surface area contributed by atoms with E-state index in [1.165, 1.54) is 12.8 Å². The van der Waals surface area contributed by atoms with Crippen molar-refractivity contribution in [2.24, 2.45) is 10.8 Å². The van der Waals surface area contributed by atoms with E-state index in [9.17, 15) is 9.59 Å². The Balaban J connectivity index is 2.35. The van der Waals surface area contributed by atoms with Gasteiger partial charge in [0.25, 0.3) is 0 Å². The molecule has 24 heavy (non-hydrogen) atoms. The third-order valence-electron chi connectivity index (χ3n) is 4.77. The van der Waals surface area contributed by atoms with Crippen molar-refractivity contribution in [2.75, 3.05) is 0 Å². The molecule has 0 bridgehead atoms. The van der Waals surface area contributed by atoms with E-state index in [4.69, 9.17) is 0 Å². The van der Waals surface area contributed by atoms with Gasteiger partial charge in [-0.15, -0.1) is 0 Å². The Hall–Kier alpha value is -1.58. The molecular formula is C20H32N2O2. The third kappa shape index (κ3) is 4.49. The monoisotopic (exact) mass is 332 g/mol. The predicted octanol–water partition coefficient (Wildman–Crippen LogP) is 3.49. The van der Waals surface area contributed by atoms with Crippen LogP contribution in [0, 0.1) is 10.8 Å².